The topological polar surface area (TPSA) is 83.5 Å². The Morgan fingerprint density at radius 2 is 1.80 bits per heavy atom. The van der Waals surface area contributed by atoms with E-state index in [-0.39, 0.29) is 29.5 Å². The molecule has 25 heavy (non-hydrogen) atoms. The number of piperazine rings is 1. The van der Waals surface area contributed by atoms with Gasteiger partial charge in [-0.05, 0) is 30.7 Å². The van der Waals surface area contributed by atoms with Crippen molar-refractivity contribution >= 4 is 21.9 Å². The first-order chi connectivity index (χ1) is 11.8. The number of benzene rings is 1. The smallest absolute Gasteiger partial charge is 0.244 e. The van der Waals surface area contributed by atoms with Crippen LogP contribution in [0.2, 0.25) is 0 Å². The van der Waals surface area contributed by atoms with Gasteiger partial charge < -0.3 is 0 Å². The van der Waals surface area contributed by atoms with Crippen molar-refractivity contribution in [3.63, 3.8) is 0 Å². The summed E-state index contributed by atoms with van der Waals surface area (Å²) in [5, 5.41) is 0. The van der Waals surface area contributed by atoms with E-state index in [0.29, 0.717) is 0 Å². The normalized spacial score (nSPS) is 16.3. The number of hydrogen-bond acceptors (Lipinski definition) is 5. The lowest BCUT2D eigenvalue weighted by atomic mass is 10.2. The molecule has 0 N–H and O–H groups in total. The number of aromatic nitrogens is 2. The SMILES string of the molecule is Cc1cc(S(=O)(=O)N2CCN(c3ncc(F)cn3)C(=O)C2)ccc1F. The Hall–Kier alpha value is -2.46. The van der Waals surface area contributed by atoms with Crippen LogP contribution in [0.5, 0.6) is 0 Å². The van der Waals surface area contributed by atoms with E-state index in [1.807, 2.05) is 0 Å². The van der Waals surface area contributed by atoms with Crippen molar-refractivity contribution < 1.29 is 22.0 Å². The van der Waals surface area contributed by atoms with E-state index in [1.165, 1.54) is 17.9 Å². The number of nitrogens with zero attached hydrogens (tertiary/aromatic N) is 4. The first-order valence-electron chi connectivity index (χ1n) is 7.33. The minimum Gasteiger partial charge on any atom is -0.278 e. The maximum absolute atomic E-state index is 13.3. The molecule has 0 radical (unpaired) electrons. The highest BCUT2D eigenvalue weighted by molar-refractivity contribution is 7.89. The summed E-state index contributed by atoms with van der Waals surface area (Å²) in [6, 6.07) is 3.47. The Morgan fingerprint density at radius 1 is 1.12 bits per heavy atom. The lowest BCUT2D eigenvalue weighted by Gasteiger charge is -2.32. The number of hydrogen-bond donors (Lipinski definition) is 0. The van der Waals surface area contributed by atoms with E-state index in [9.17, 15) is 22.0 Å². The second-order valence-corrected chi connectivity index (χ2v) is 7.43. The standard InChI is InChI=1S/C15H14F2N4O3S/c1-10-6-12(2-3-13(10)17)25(23,24)20-4-5-21(14(22)9-20)15-18-7-11(16)8-19-15/h2-3,6-8H,4-5,9H2,1H3. The van der Waals surface area contributed by atoms with Crippen LogP contribution in [0.1, 0.15) is 5.56 Å². The summed E-state index contributed by atoms with van der Waals surface area (Å²) >= 11 is 0. The molecule has 1 aliphatic heterocycles. The van der Waals surface area contributed by atoms with Crippen molar-refractivity contribution in [3.8, 4) is 0 Å². The first kappa shape index (κ1) is 17.4. The van der Waals surface area contributed by atoms with Gasteiger partial charge in [-0.1, -0.05) is 0 Å². The average Bonchev–Trinajstić information content (AvgIpc) is 2.58. The number of halogens is 2. The molecule has 1 fully saturated rings. The van der Waals surface area contributed by atoms with Crippen LogP contribution < -0.4 is 4.90 Å². The van der Waals surface area contributed by atoms with Crippen LogP contribution in [0.15, 0.2) is 35.5 Å². The van der Waals surface area contributed by atoms with Crippen LogP contribution in [-0.2, 0) is 14.8 Å². The van der Waals surface area contributed by atoms with Gasteiger partial charge in [0, 0.05) is 13.1 Å². The van der Waals surface area contributed by atoms with Gasteiger partial charge in [-0.25, -0.2) is 27.2 Å². The highest BCUT2D eigenvalue weighted by atomic mass is 32.2. The van der Waals surface area contributed by atoms with Gasteiger partial charge in [0.2, 0.25) is 21.9 Å². The zero-order valence-electron chi connectivity index (χ0n) is 13.2. The Kier molecular flexibility index (Phi) is 4.48. The highest BCUT2D eigenvalue weighted by Gasteiger charge is 2.34. The minimum absolute atomic E-state index is 0.0149. The fourth-order valence-corrected chi connectivity index (χ4v) is 3.91. The molecule has 1 aromatic carbocycles. The fourth-order valence-electron chi connectivity index (χ4n) is 2.44. The predicted molar refractivity (Wildman–Crippen MR) is 84.2 cm³/mol. The molecule has 2 aromatic rings. The van der Waals surface area contributed by atoms with Gasteiger partial charge in [-0.2, -0.15) is 4.31 Å². The van der Waals surface area contributed by atoms with Crippen LogP contribution >= 0.6 is 0 Å². The zero-order chi connectivity index (χ0) is 18.2. The third kappa shape index (κ3) is 3.35. The molecule has 0 saturated carbocycles. The van der Waals surface area contributed by atoms with Crippen molar-refractivity contribution in [2.24, 2.45) is 0 Å². The number of amides is 1. The van der Waals surface area contributed by atoms with E-state index in [2.05, 4.69) is 9.97 Å². The molecule has 10 heteroatoms. The number of carbonyl (C=O) groups excluding carboxylic acids is 1. The Labute approximate surface area is 143 Å². The maximum atomic E-state index is 13.3. The number of anilines is 1. The van der Waals surface area contributed by atoms with Gasteiger partial charge in [-0.15, -0.1) is 0 Å². The molecule has 1 amide bonds. The average molecular weight is 368 g/mol. The van der Waals surface area contributed by atoms with Crippen LogP contribution in [0.3, 0.4) is 0 Å². The van der Waals surface area contributed by atoms with Crippen LogP contribution in [0, 0.1) is 18.6 Å². The molecule has 0 unspecified atom stereocenters. The van der Waals surface area contributed by atoms with Crippen LogP contribution in [-0.4, -0.2) is 48.2 Å². The zero-order valence-corrected chi connectivity index (χ0v) is 14.0. The fraction of sp³-hybridized carbons (Fsp3) is 0.267. The highest BCUT2D eigenvalue weighted by Crippen LogP contribution is 2.21. The molecule has 0 atom stereocenters. The molecule has 1 aromatic heterocycles. The summed E-state index contributed by atoms with van der Waals surface area (Å²) in [7, 11) is -3.93. The molecule has 3 rings (SSSR count). The molecule has 1 saturated heterocycles. The molecule has 2 heterocycles. The van der Waals surface area contributed by atoms with Crippen molar-refractivity contribution in [2.45, 2.75) is 11.8 Å². The summed E-state index contributed by atoms with van der Waals surface area (Å²) in [5.41, 5.74) is 0.200. The monoisotopic (exact) mass is 368 g/mol. The molecular formula is C15H14F2N4O3S. The van der Waals surface area contributed by atoms with Gasteiger partial charge in [0.1, 0.15) is 5.82 Å². The van der Waals surface area contributed by atoms with Crippen molar-refractivity contribution in [1.82, 2.24) is 14.3 Å². The van der Waals surface area contributed by atoms with Gasteiger partial charge in [0.25, 0.3) is 0 Å². The van der Waals surface area contributed by atoms with Crippen LogP contribution in [0.4, 0.5) is 14.7 Å². The second kappa shape index (κ2) is 6.45. The Bertz CT molecular complexity index is 919. The lowest BCUT2D eigenvalue weighted by Crippen LogP contribution is -2.52. The number of rotatable bonds is 3. The Morgan fingerprint density at radius 3 is 2.40 bits per heavy atom. The third-order valence-corrected chi connectivity index (χ3v) is 5.64. The van der Waals surface area contributed by atoms with Crippen molar-refractivity contribution in [2.75, 3.05) is 24.5 Å². The van der Waals surface area contributed by atoms with E-state index in [1.54, 1.807) is 0 Å². The molecule has 132 valence electrons. The Balaban J connectivity index is 1.81. The number of aryl methyl sites for hydroxylation is 1. The predicted octanol–water partition coefficient (Wildman–Crippen LogP) is 1.10. The quantitative estimate of drug-likeness (QED) is 0.810. The molecular weight excluding hydrogens is 354 g/mol. The van der Waals surface area contributed by atoms with Gasteiger partial charge in [-0.3, -0.25) is 9.69 Å². The lowest BCUT2D eigenvalue weighted by molar-refractivity contribution is -0.120. The molecule has 1 aliphatic rings. The minimum atomic E-state index is -3.93. The van der Waals surface area contributed by atoms with Gasteiger partial charge in [0.15, 0.2) is 5.82 Å². The molecule has 7 nitrogen and oxygen atoms in total. The van der Waals surface area contributed by atoms with Crippen LogP contribution in [0.25, 0.3) is 0 Å². The number of sulfonamides is 1. The summed E-state index contributed by atoms with van der Waals surface area (Å²) in [6.07, 6.45) is 1.86. The summed E-state index contributed by atoms with van der Waals surface area (Å²) in [4.78, 5) is 20.8. The van der Waals surface area contributed by atoms with Crippen molar-refractivity contribution in [1.29, 1.82) is 0 Å². The first-order valence-corrected chi connectivity index (χ1v) is 8.77. The van der Waals surface area contributed by atoms with E-state index in [0.717, 1.165) is 28.8 Å². The largest absolute Gasteiger partial charge is 0.278 e. The second-order valence-electron chi connectivity index (χ2n) is 5.50. The summed E-state index contributed by atoms with van der Waals surface area (Å²) in [5.74, 6) is -1.65. The van der Waals surface area contributed by atoms with E-state index >= 15 is 0 Å². The number of carbonyl (C=O) groups is 1. The molecule has 0 spiro atoms. The van der Waals surface area contributed by atoms with E-state index < -0.39 is 34.1 Å². The molecule has 0 aliphatic carbocycles. The van der Waals surface area contributed by atoms with Crippen molar-refractivity contribution in [3.05, 3.63) is 47.8 Å². The van der Waals surface area contributed by atoms with Gasteiger partial charge in [0.05, 0.1) is 23.8 Å². The van der Waals surface area contributed by atoms with Gasteiger partial charge >= 0.3 is 0 Å². The summed E-state index contributed by atoms with van der Waals surface area (Å²) in [6.45, 7) is 1.11. The third-order valence-electron chi connectivity index (χ3n) is 3.80. The summed E-state index contributed by atoms with van der Waals surface area (Å²) < 4.78 is 52.5. The maximum Gasteiger partial charge on any atom is 0.244 e. The molecule has 0 bridgehead atoms. The van der Waals surface area contributed by atoms with E-state index in [4.69, 9.17) is 0 Å².